The summed E-state index contributed by atoms with van der Waals surface area (Å²) in [6, 6.07) is 10.2. The Balaban J connectivity index is 0.669. The molecular weight excluding hydrogens is 1880 g/mol. The van der Waals surface area contributed by atoms with Crippen LogP contribution in [0, 0.1) is 0 Å². The number of fused-ring (bicyclic) bond motifs is 12. The highest BCUT2D eigenvalue weighted by atomic mass is 32.2. The van der Waals surface area contributed by atoms with Gasteiger partial charge < -0.3 is 9.80 Å². The van der Waals surface area contributed by atoms with Gasteiger partial charge in [-0.15, -0.1) is 306 Å². The average Bonchev–Trinajstić information content (AvgIpc) is 1.52. The van der Waals surface area contributed by atoms with E-state index in [4.69, 9.17) is 0 Å². The van der Waals surface area contributed by atoms with E-state index in [-0.39, 0.29) is 72.6 Å². The Morgan fingerprint density at radius 3 is 0.562 bits per heavy atom. The van der Waals surface area contributed by atoms with Crippen molar-refractivity contribution in [3.63, 3.8) is 0 Å². The number of nitrogens with zero attached hydrogens (tertiary/aromatic N) is 2. The van der Waals surface area contributed by atoms with Gasteiger partial charge >= 0.3 is 0 Å². The highest BCUT2D eigenvalue weighted by Gasteiger charge is 2.55. The second-order valence-electron chi connectivity index (χ2n) is 35.2. The molecule has 0 aromatic heterocycles. The molecule has 12 heterocycles. The van der Waals surface area contributed by atoms with Gasteiger partial charge in [-0.3, -0.25) is 9.59 Å². The minimum absolute atomic E-state index is 0.0168. The number of carbonyl (C=O) groups excluding carboxylic acids is 2. The predicted octanol–water partition coefficient (Wildman–Crippen LogP) is 33.1. The molecule has 0 N–H and O–H groups in total. The van der Waals surface area contributed by atoms with Crippen molar-refractivity contribution in [2.45, 2.75) is 354 Å². The molecule has 112 heavy (non-hydrogen) atoms. The Kier molecular flexibility index (Phi) is 22.6. The average molecular weight is 1970 g/mol. The second kappa shape index (κ2) is 29.5. The topological polar surface area (TPSA) is 40.6 Å². The van der Waals surface area contributed by atoms with E-state index in [9.17, 15) is 0 Å². The van der Waals surface area contributed by atoms with Crippen LogP contribution in [0.3, 0.4) is 0 Å². The van der Waals surface area contributed by atoms with Crippen molar-refractivity contribution in [1.82, 2.24) is 9.80 Å². The fraction of sp³-hybridized carbons (Fsp3) is 0.537. The molecule has 0 bridgehead atoms. The molecule has 0 aliphatic carbocycles. The Morgan fingerprint density at radius 1 is 0.241 bits per heavy atom. The van der Waals surface area contributed by atoms with Gasteiger partial charge in [-0.05, 0) is 224 Å². The van der Waals surface area contributed by atoms with Gasteiger partial charge in [0.1, 0.15) is 0 Å². The zero-order valence-corrected chi connectivity index (χ0v) is 88.8. The lowest BCUT2D eigenvalue weighted by atomic mass is 9.84. The maximum absolute atomic E-state index is 15.1. The zero-order chi connectivity index (χ0) is 80.0. The molecule has 2 amide bonds. The van der Waals surface area contributed by atoms with Crippen LogP contribution < -0.4 is 0 Å². The molecular formula is C82H92N2O2S26. The summed E-state index contributed by atoms with van der Waals surface area (Å²) in [6.45, 7) is 59.1. The fourth-order valence-electron chi connectivity index (χ4n) is 16.1. The molecule has 6 aromatic rings. The molecule has 6 aromatic carbocycles. The third-order valence-electron chi connectivity index (χ3n) is 19.9. The summed E-state index contributed by atoms with van der Waals surface area (Å²) in [7, 11) is 3.91. The van der Waals surface area contributed by atoms with Crippen molar-refractivity contribution >= 4 is 318 Å². The first-order valence-corrected chi connectivity index (χ1v) is 59.0. The second-order valence-corrected chi connectivity index (χ2v) is 79.7. The monoisotopic (exact) mass is 1970 g/mol. The van der Waals surface area contributed by atoms with Crippen LogP contribution in [0.2, 0.25) is 0 Å². The van der Waals surface area contributed by atoms with E-state index in [2.05, 4.69) is 426 Å². The molecule has 0 saturated heterocycles. The van der Waals surface area contributed by atoms with Gasteiger partial charge in [-0.25, -0.2) is 0 Å². The zero-order valence-electron chi connectivity index (χ0n) is 67.6. The normalized spacial score (nSPS) is 23.4. The highest BCUT2D eigenvalue weighted by molar-refractivity contribution is 8.26. The largest absolute Gasteiger partial charge is 0.343 e. The molecule has 18 rings (SSSR count). The van der Waals surface area contributed by atoms with Crippen molar-refractivity contribution in [1.29, 1.82) is 0 Å². The van der Waals surface area contributed by atoms with Crippen LogP contribution in [0.4, 0.5) is 0 Å². The maximum atomic E-state index is 15.1. The Labute approximate surface area is 776 Å². The van der Waals surface area contributed by atoms with Crippen molar-refractivity contribution in [2.24, 2.45) is 0 Å². The van der Waals surface area contributed by atoms with Crippen molar-refractivity contribution in [3.8, 4) is 0 Å². The summed E-state index contributed by atoms with van der Waals surface area (Å²) in [5.74, 6) is 0.724. The molecule has 0 radical (unpaired) electrons. The quantitative estimate of drug-likeness (QED) is 0.0723. The van der Waals surface area contributed by atoms with Crippen LogP contribution >= 0.6 is 306 Å². The van der Waals surface area contributed by atoms with Gasteiger partial charge in [0, 0.05) is 166 Å². The predicted molar refractivity (Wildman–Crippen MR) is 527 cm³/mol. The standard InChI is InChI=1S/C82H92N2O2S26/c1-71(2)89-35-29-36-54(98-72(3,4)90-36)47(53(35)97-71)45(48-55-37(91-73(5,6)99-55)30-38-56(48)100-74(7,8)92-38)51-61-67(109-79(17,18)105-61)65(68-62(51)106-80(19,20)110-68)87-33-43(85)83(25)27-28-84(26)44(86)34-88-66-69-63(107-81(21,22)111-69)52(64-70(66)112-82(23,24)108-64)46(49-57-39(93-75(9,10)101-57)31-40-58(49)102-76(11,12)94-40)50-59-41(95-77(13,14)103-59)32-42-60(50)104-78(15,16)96-42/h29-32,45-46H,27-28,33-34H2,1-26H3. The smallest absolute Gasteiger partial charge is 0.232 e. The van der Waals surface area contributed by atoms with E-state index in [0.717, 1.165) is 0 Å². The van der Waals surface area contributed by atoms with Crippen LogP contribution in [-0.2, 0) is 9.59 Å². The SMILES string of the molecule is CN(CCN(C)C(=O)CSc1c2c(c(C(c3c4c(cc5c3SC(C)(C)S5)SC(C)(C)S4)c3c4c(cc5c3SC(C)(C)S5)SC(C)(C)S4)c3c1SC(C)(C)S3)SC(C)(C)S2)C(=O)CSc1c2c(c(C(c3c4c(cc5c3SC(C)(C)S5)SC(C)(C)S4)c3c4c(cc5c3SC(C)(C)S5)SC(C)(C)S4)c3c1SC(C)(C)S3)SC(C)(C)S2. The Morgan fingerprint density at radius 2 is 0.384 bits per heavy atom. The van der Waals surface area contributed by atoms with Gasteiger partial charge in [0.2, 0.25) is 11.8 Å². The lowest BCUT2D eigenvalue weighted by Gasteiger charge is -2.31. The van der Waals surface area contributed by atoms with E-state index < -0.39 is 0 Å². The highest BCUT2D eigenvalue weighted by Crippen LogP contribution is 2.79. The van der Waals surface area contributed by atoms with Gasteiger partial charge in [-0.2, -0.15) is 0 Å². The first-order chi connectivity index (χ1) is 51.8. The molecule has 30 heteroatoms. The van der Waals surface area contributed by atoms with E-state index >= 15 is 9.59 Å². The van der Waals surface area contributed by atoms with Crippen molar-refractivity contribution in [2.75, 3.05) is 38.7 Å². The molecule has 0 saturated carbocycles. The van der Waals surface area contributed by atoms with Crippen LogP contribution in [-0.4, -0.2) is 109 Å². The van der Waals surface area contributed by atoms with E-state index in [1.807, 2.05) is 70.9 Å². The number of hydrogen-bond donors (Lipinski definition) is 0. The third kappa shape index (κ3) is 16.1. The van der Waals surface area contributed by atoms with Crippen LogP contribution in [0.5, 0.6) is 0 Å². The first-order valence-electron chi connectivity index (χ1n) is 37.4. The lowest BCUT2D eigenvalue weighted by Crippen LogP contribution is -2.38. The number of hydrogen-bond acceptors (Lipinski definition) is 28. The molecule has 0 fully saturated rings. The van der Waals surface area contributed by atoms with Crippen LogP contribution in [0.25, 0.3) is 0 Å². The molecule has 0 atom stereocenters. The van der Waals surface area contributed by atoms with Gasteiger partial charge in [0.05, 0.1) is 60.5 Å². The first kappa shape index (κ1) is 86.1. The molecule has 598 valence electrons. The molecule has 12 aliphatic heterocycles. The van der Waals surface area contributed by atoms with Crippen molar-refractivity contribution in [3.05, 3.63) is 57.6 Å². The number of amides is 2. The molecule has 0 unspecified atom stereocenters. The summed E-state index contributed by atoms with van der Waals surface area (Å²) in [4.78, 5) is 70.7. The minimum atomic E-state index is -0.146. The summed E-state index contributed by atoms with van der Waals surface area (Å²) in [5.41, 5.74) is 9.03. The Bertz CT molecular complexity index is 4420. The summed E-state index contributed by atoms with van der Waals surface area (Å²) >= 11 is 53.0. The van der Waals surface area contributed by atoms with Crippen LogP contribution in [0.1, 0.15) is 211 Å². The minimum Gasteiger partial charge on any atom is -0.343 e. The number of rotatable bonds is 15. The van der Waals surface area contributed by atoms with E-state index in [0.29, 0.717) is 24.6 Å². The number of thioether (sulfide) groups is 26. The van der Waals surface area contributed by atoms with Crippen molar-refractivity contribution < 1.29 is 9.59 Å². The summed E-state index contributed by atoms with van der Waals surface area (Å²) in [5, 5.41) is 0. The fourth-order valence-corrected chi connectivity index (χ4v) is 54.1. The van der Waals surface area contributed by atoms with Gasteiger partial charge in [0.25, 0.3) is 0 Å². The lowest BCUT2D eigenvalue weighted by molar-refractivity contribution is -0.130. The van der Waals surface area contributed by atoms with Gasteiger partial charge in [0.15, 0.2) is 0 Å². The number of benzene rings is 6. The number of carbonyl (C=O) groups is 2. The third-order valence-corrected chi connectivity index (χ3v) is 56.4. The molecule has 4 nitrogen and oxygen atoms in total. The molecule has 0 spiro atoms. The molecule has 12 aliphatic rings. The summed E-state index contributed by atoms with van der Waals surface area (Å²) < 4.78 is -0.719. The summed E-state index contributed by atoms with van der Waals surface area (Å²) in [6.07, 6.45) is 0. The van der Waals surface area contributed by atoms with Gasteiger partial charge in [-0.1, -0.05) is 0 Å². The Hall–Kier alpha value is 3.36. The maximum Gasteiger partial charge on any atom is 0.232 e. The number of likely N-dealkylation sites (N-methyl/N-ethyl adjacent to an activating group) is 2. The van der Waals surface area contributed by atoms with Crippen LogP contribution in [0.15, 0.2) is 152 Å². The van der Waals surface area contributed by atoms with E-state index in [1.54, 1.807) is 23.5 Å². The van der Waals surface area contributed by atoms with E-state index in [1.165, 1.54) is 161 Å².